The number of allylic oxidation sites excluding steroid dienone is 1. The van der Waals surface area contributed by atoms with Crippen LogP contribution in [0.5, 0.6) is 0 Å². The maximum Gasteiger partial charge on any atom is 0.0537 e. The van der Waals surface area contributed by atoms with Gasteiger partial charge in [0.1, 0.15) is 0 Å². The highest BCUT2D eigenvalue weighted by Crippen LogP contribution is 2.48. The van der Waals surface area contributed by atoms with E-state index in [4.69, 9.17) is 0 Å². The number of benzene rings is 7. The highest BCUT2D eigenvalue weighted by atomic mass is 15.0. The molecule has 0 bridgehead atoms. The predicted octanol–water partition coefficient (Wildman–Crippen LogP) is 14.0. The average molecular weight is 686 g/mol. The topological polar surface area (TPSA) is 4.93 Å². The van der Waals surface area contributed by atoms with Gasteiger partial charge in [0.25, 0.3) is 0 Å². The SMILES string of the molecule is Cc1ccc(-c2ccc(-n3c4c(c5ccccc53)C=CCC4)cc2)cc1.Cc1ccc2c(c1)C(C)(C)c1ccccc1-2.Cc1cccc2ccccc12. The second-order valence-corrected chi connectivity index (χ2v) is 15.1. The third-order valence-electron chi connectivity index (χ3n) is 11.1. The summed E-state index contributed by atoms with van der Waals surface area (Å²) in [7, 11) is 0. The van der Waals surface area contributed by atoms with Gasteiger partial charge in [0, 0.05) is 27.7 Å². The van der Waals surface area contributed by atoms with E-state index < -0.39 is 0 Å². The Hall–Kier alpha value is -5.92. The number of nitrogens with zero attached hydrogens (tertiary/aromatic N) is 1. The minimum absolute atomic E-state index is 0.151. The van der Waals surface area contributed by atoms with Gasteiger partial charge in [-0.25, -0.2) is 0 Å². The van der Waals surface area contributed by atoms with E-state index in [1.54, 1.807) is 0 Å². The van der Waals surface area contributed by atoms with Crippen molar-refractivity contribution in [1.29, 1.82) is 0 Å². The van der Waals surface area contributed by atoms with Crippen LogP contribution >= 0.6 is 0 Å². The lowest BCUT2D eigenvalue weighted by molar-refractivity contribution is 0.660. The first-order valence-corrected chi connectivity index (χ1v) is 18.9. The molecule has 0 aliphatic heterocycles. The minimum Gasteiger partial charge on any atom is -0.313 e. The van der Waals surface area contributed by atoms with E-state index >= 15 is 0 Å². The van der Waals surface area contributed by atoms with Crippen molar-refractivity contribution in [2.45, 2.75) is 52.9 Å². The molecule has 7 aromatic carbocycles. The summed E-state index contributed by atoms with van der Waals surface area (Å²) in [6.07, 6.45) is 6.79. The Morgan fingerprint density at radius 1 is 0.528 bits per heavy atom. The summed E-state index contributed by atoms with van der Waals surface area (Å²) in [4.78, 5) is 0. The lowest BCUT2D eigenvalue weighted by Crippen LogP contribution is -2.14. The molecule has 0 N–H and O–H groups in total. The average Bonchev–Trinajstić information content (AvgIpc) is 3.64. The van der Waals surface area contributed by atoms with Crippen LogP contribution in [0.15, 0.2) is 164 Å². The van der Waals surface area contributed by atoms with E-state index in [1.807, 2.05) is 0 Å². The van der Waals surface area contributed by atoms with Gasteiger partial charge in [-0.2, -0.15) is 0 Å². The molecule has 0 saturated heterocycles. The van der Waals surface area contributed by atoms with Crippen LogP contribution in [-0.2, 0) is 11.8 Å². The normalized spacial score (nSPS) is 13.3. The molecule has 1 nitrogen and oxygen atoms in total. The monoisotopic (exact) mass is 685 g/mol. The number of aryl methyl sites for hydroxylation is 3. The summed E-state index contributed by atoms with van der Waals surface area (Å²) in [5.41, 5.74) is 17.8. The Bertz CT molecular complexity index is 2590. The maximum absolute atomic E-state index is 2.44. The Morgan fingerprint density at radius 3 is 1.92 bits per heavy atom. The first kappa shape index (κ1) is 34.2. The van der Waals surface area contributed by atoms with E-state index in [0.29, 0.717) is 0 Å². The van der Waals surface area contributed by atoms with Gasteiger partial charge < -0.3 is 4.57 Å². The molecule has 0 fully saturated rings. The molecule has 0 radical (unpaired) electrons. The van der Waals surface area contributed by atoms with Gasteiger partial charge in [-0.05, 0) is 102 Å². The molecule has 1 heteroatoms. The molecule has 2 aliphatic rings. The molecular formula is C52H47N. The molecule has 8 aromatic rings. The Morgan fingerprint density at radius 2 is 1.15 bits per heavy atom. The zero-order valence-electron chi connectivity index (χ0n) is 31.5. The Balaban J connectivity index is 0.000000126. The molecule has 260 valence electrons. The highest BCUT2D eigenvalue weighted by molar-refractivity contribution is 5.93. The Kier molecular flexibility index (Phi) is 9.19. The van der Waals surface area contributed by atoms with Crippen LogP contribution in [0.3, 0.4) is 0 Å². The summed E-state index contributed by atoms with van der Waals surface area (Å²) in [5, 5.41) is 4.03. The molecule has 1 aromatic heterocycles. The number of hydrogen-bond acceptors (Lipinski definition) is 0. The second kappa shape index (κ2) is 14.2. The second-order valence-electron chi connectivity index (χ2n) is 15.1. The number of aromatic nitrogens is 1. The summed E-state index contributed by atoms with van der Waals surface area (Å²) in [5.74, 6) is 0. The fraction of sp³-hybridized carbons (Fsp3) is 0.154. The van der Waals surface area contributed by atoms with Crippen LogP contribution in [0.4, 0.5) is 0 Å². The number of rotatable bonds is 2. The van der Waals surface area contributed by atoms with Crippen molar-refractivity contribution in [2.24, 2.45) is 0 Å². The molecule has 0 saturated carbocycles. The van der Waals surface area contributed by atoms with Gasteiger partial charge in [-0.1, -0.05) is 177 Å². The molecular weight excluding hydrogens is 639 g/mol. The standard InChI is InChI=1S/C25H21N.C16H16.C11H10/c1-18-10-12-19(13-11-18)20-14-16-21(17-15-20)26-24-8-4-2-6-22(24)23-7-3-5-9-25(23)26;1-11-8-9-13-12-6-4-5-7-14(12)16(2,3)15(13)10-11;1-9-5-4-7-10-6-2-3-8-11(9)10/h2-4,6-8,10-17H,5,9H2,1H3;4-10H,1-3H3;2-8H,1H3. The van der Waals surface area contributed by atoms with Crippen molar-refractivity contribution >= 4 is 27.8 Å². The smallest absolute Gasteiger partial charge is 0.0537 e. The first-order valence-electron chi connectivity index (χ1n) is 18.9. The zero-order valence-corrected chi connectivity index (χ0v) is 31.5. The minimum atomic E-state index is 0.151. The first-order chi connectivity index (χ1) is 25.8. The molecule has 10 rings (SSSR count). The van der Waals surface area contributed by atoms with Gasteiger partial charge in [0.05, 0.1) is 5.52 Å². The third-order valence-corrected chi connectivity index (χ3v) is 11.1. The van der Waals surface area contributed by atoms with Gasteiger partial charge in [0.2, 0.25) is 0 Å². The van der Waals surface area contributed by atoms with Crippen LogP contribution in [-0.4, -0.2) is 4.57 Å². The molecule has 2 aliphatic carbocycles. The molecule has 0 amide bonds. The van der Waals surface area contributed by atoms with E-state index in [-0.39, 0.29) is 5.41 Å². The van der Waals surface area contributed by atoms with E-state index in [9.17, 15) is 0 Å². The number of fused-ring (bicyclic) bond motifs is 7. The molecule has 0 spiro atoms. The van der Waals surface area contributed by atoms with E-state index in [0.717, 1.165) is 12.8 Å². The van der Waals surface area contributed by atoms with Crippen molar-refractivity contribution in [2.75, 3.05) is 0 Å². The van der Waals surface area contributed by atoms with Crippen molar-refractivity contribution in [3.05, 3.63) is 203 Å². The molecule has 0 unspecified atom stereocenters. The van der Waals surface area contributed by atoms with Crippen LogP contribution in [0, 0.1) is 20.8 Å². The summed E-state index contributed by atoms with van der Waals surface area (Å²) < 4.78 is 2.44. The van der Waals surface area contributed by atoms with Crippen LogP contribution < -0.4 is 0 Å². The predicted molar refractivity (Wildman–Crippen MR) is 228 cm³/mol. The summed E-state index contributed by atoms with van der Waals surface area (Å²) in [6.45, 7) is 11.1. The molecule has 0 atom stereocenters. The third kappa shape index (κ3) is 6.53. The number of hydrogen-bond donors (Lipinski definition) is 0. The summed E-state index contributed by atoms with van der Waals surface area (Å²) >= 11 is 0. The van der Waals surface area contributed by atoms with Gasteiger partial charge in [0.15, 0.2) is 0 Å². The quantitative estimate of drug-likeness (QED) is 0.171. The van der Waals surface area contributed by atoms with Crippen molar-refractivity contribution < 1.29 is 0 Å². The fourth-order valence-corrected chi connectivity index (χ4v) is 8.22. The highest BCUT2D eigenvalue weighted by Gasteiger charge is 2.34. The van der Waals surface area contributed by atoms with E-state index in [1.165, 1.54) is 88.7 Å². The summed E-state index contributed by atoms with van der Waals surface area (Å²) in [6, 6.07) is 56.8. The Labute approximate surface area is 314 Å². The lowest BCUT2D eigenvalue weighted by Gasteiger charge is -2.21. The van der Waals surface area contributed by atoms with Gasteiger partial charge in [-0.15, -0.1) is 0 Å². The zero-order chi connectivity index (χ0) is 36.5. The molecule has 53 heavy (non-hydrogen) atoms. The van der Waals surface area contributed by atoms with Gasteiger partial charge >= 0.3 is 0 Å². The largest absolute Gasteiger partial charge is 0.313 e. The molecule has 1 heterocycles. The van der Waals surface area contributed by atoms with E-state index in [2.05, 4.69) is 209 Å². The fourth-order valence-electron chi connectivity index (χ4n) is 8.22. The van der Waals surface area contributed by atoms with Crippen molar-refractivity contribution in [3.63, 3.8) is 0 Å². The van der Waals surface area contributed by atoms with Crippen molar-refractivity contribution in [3.8, 4) is 27.9 Å². The number of para-hydroxylation sites is 1. The maximum atomic E-state index is 2.44. The van der Waals surface area contributed by atoms with Crippen LogP contribution in [0.25, 0.3) is 55.7 Å². The van der Waals surface area contributed by atoms with Crippen LogP contribution in [0.2, 0.25) is 0 Å². The lowest BCUT2D eigenvalue weighted by atomic mass is 9.82. The van der Waals surface area contributed by atoms with Crippen molar-refractivity contribution in [1.82, 2.24) is 4.57 Å². The van der Waals surface area contributed by atoms with Gasteiger partial charge in [-0.3, -0.25) is 0 Å². The van der Waals surface area contributed by atoms with Crippen LogP contribution in [0.1, 0.15) is 59.3 Å².